The minimum absolute atomic E-state index is 0.0131. The first-order valence-electron chi connectivity index (χ1n) is 9.22. The molecule has 154 valence electrons. The van der Waals surface area contributed by atoms with Crippen molar-refractivity contribution in [1.82, 2.24) is 9.47 Å². The number of anilines is 1. The summed E-state index contributed by atoms with van der Waals surface area (Å²) < 4.78 is 21.0. The van der Waals surface area contributed by atoms with Crippen LogP contribution >= 0.6 is 0 Å². The Morgan fingerprint density at radius 3 is 2.72 bits per heavy atom. The van der Waals surface area contributed by atoms with Crippen molar-refractivity contribution < 1.29 is 18.7 Å². The minimum Gasteiger partial charge on any atom is -0.383 e. The molecule has 1 fully saturated rings. The monoisotopic (exact) mass is 402 g/mol. The van der Waals surface area contributed by atoms with E-state index >= 15 is 0 Å². The average molecular weight is 402 g/mol. The first-order valence-corrected chi connectivity index (χ1v) is 9.22. The molecule has 0 bridgehead atoms. The molecule has 0 spiro atoms. The number of carbonyl (C=O) groups is 2. The molecule has 1 aliphatic rings. The summed E-state index contributed by atoms with van der Waals surface area (Å²) >= 11 is 0. The lowest BCUT2D eigenvalue weighted by Crippen LogP contribution is -2.48. The maximum atomic E-state index is 14.5. The van der Waals surface area contributed by atoms with E-state index in [4.69, 9.17) is 10.5 Å². The predicted octanol–water partition coefficient (Wildman–Crippen LogP) is 0.880. The Labute approximate surface area is 167 Å². The van der Waals surface area contributed by atoms with E-state index in [1.165, 1.54) is 35.0 Å². The van der Waals surface area contributed by atoms with Crippen LogP contribution in [0.4, 0.5) is 10.1 Å². The maximum Gasteiger partial charge on any atom is 0.255 e. The molecule has 1 aromatic carbocycles. The van der Waals surface area contributed by atoms with Gasteiger partial charge in [-0.2, -0.15) is 0 Å². The van der Waals surface area contributed by atoms with Crippen LogP contribution in [0, 0.1) is 5.82 Å². The third-order valence-electron chi connectivity index (χ3n) is 4.98. The smallest absolute Gasteiger partial charge is 0.255 e. The number of primary amides is 1. The summed E-state index contributed by atoms with van der Waals surface area (Å²) in [6.07, 6.45) is 2.76. The summed E-state index contributed by atoms with van der Waals surface area (Å²) in [6.45, 7) is 0.257. The van der Waals surface area contributed by atoms with E-state index < -0.39 is 23.7 Å². The quantitative estimate of drug-likeness (QED) is 0.715. The van der Waals surface area contributed by atoms with Crippen molar-refractivity contribution in [1.29, 1.82) is 0 Å². The fourth-order valence-electron chi connectivity index (χ4n) is 3.60. The van der Waals surface area contributed by atoms with Crippen molar-refractivity contribution in [2.75, 3.05) is 25.6 Å². The number of amides is 2. The van der Waals surface area contributed by atoms with Gasteiger partial charge in [0.1, 0.15) is 5.82 Å². The standard InChI is InChI=1S/C20H23FN4O4/c1-29-12-14-6-8-17(20(22)28)25(14)11-18(26)23-16-7-5-13(10-15(16)21)24-9-3-2-4-19(24)27/h2-5,7,9-10,14,17H,6,8,11-12H2,1H3,(H2,22,28)(H,23,26)/t14-,17?/m0/s1. The maximum absolute atomic E-state index is 14.5. The van der Waals surface area contributed by atoms with E-state index in [-0.39, 0.29) is 23.8 Å². The van der Waals surface area contributed by atoms with E-state index in [9.17, 15) is 18.8 Å². The fraction of sp³-hybridized carbons (Fsp3) is 0.350. The average Bonchev–Trinajstić information content (AvgIpc) is 3.07. The van der Waals surface area contributed by atoms with E-state index in [0.717, 1.165) is 0 Å². The van der Waals surface area contributed by atoms with Crippen molar-refractivity contribution in [3.8, 4) is 5.69 Å². The van der Waals surface area contributed by atoms with Gasteiger partial charge in [0.2, 0.25) is 11.8 Å². The number of ether oxygens (including phenoxy) is 1. The van der Waals surface area contributed by atoms with Gasteiger partial charge in [0, 0.05) is 31.5 Å². The van der Waals surface area contributed by atoms with Crippen molar-refractivity contribution in [3.63, 3.8) is 0 Å². The van der Waals surface area contributed by atoms with E-state index in [0.29, 0.717) is 25.1 Å². The van der Waals surface area contributed by atoms with Crippen molar-refractivity contribution in [2.45, 2.75) is 24.9 Å². The molecule has 9 heteroatoms. The lowest BCUT2D eigenvalue weighted by atomic mass is 10.2. The van der Waals surface area contributed by atoms with Crippen LogP contribution < -0.4 is 16.6 Å². The molecule has 1 aliphatic heterocycles. The zero-order valence-electron chi connectivity index (χ0n) is 16.0. The van der Waals surface area contributed by atoms with Gasteiger partial charge in [-0.05, 0) is 31.0 Å². The molecular formula is C20H23FN4O4. The van der Waals surface area contributed by atoms with Crippen LogP contribution in [0.1, 0.15) is 12.8 Å². The number of pyridine rings is 1. The van der Waals surface area contributed by atoms with Crippen molar-refractivity contribution >= 4 is 17.5 Å². The Morgan fingerprint density at radius 2 is 2.07 bits per heavy atom. The number of likely N-dealkylation sites (tertiary alicyclic amines) is 1. The molecule has 3 rings (SSSR count). The van der Waals surface area contributed by atoms with Gasteiger partial charge in [0.25, 0.3) is 5.56 Å². The lowest BCUT2D eigenvalue weighted by Gasteiger charge is -2.27. The Bertz CT molecular complexity index is 961. The predicted molar refractivity (Wildman–Crippen MR) is 105 cm³/mol. The molecule has 2 amide bonds. The highest BCUT2D eigenvalue weighted by atomic mass is 19.1. The summed E-state index contributed by atoms with van der Waals surface area (Å²) in [6, 6.07) is 8.07. The van der Waals surface area contributed by atoms with Crippen molar-refractivity contribution in [2.24, 2.45) is 5.73 Å². The number of rotatable bonds is 7. The first kappa shape index (κ1) is 20.7. The van der Waals surface area contributed by atoms with Gasteiger partial charge in [-0.1, -0.05) is 6.07 Å². The van der Waals surface area contributed by atoms with Crippen LogP contribution in [0.3, 0.4) is 0 Å². The highest BCUT2D eigenvalue weighted by molar-refractivity contribution is 5.93. The SMILES string of the molecule is COC[C@@H]1CCC(C(N)=O)N1CC(=O)Nc1ccc(-n2ccccc2=O)cc1F. The van der Waals surface area contributed by atoms with Gasteiger partial charge in [0.15, 0.2) is 0 Å². The molecule has 2 heterocycles. The third-order valence-corrected chi connectivity index (χ3v) is 4.98. The summed E-state index contributed by atoms with van der Waals surface area (Å²) in [5.74, 6) is -1.64. The van der Waals surface area contributed by atoms with Gasteiger partial charge in [0.05, 0.1) is 30.6 Å². The topological polar surface area (TPSA) is 107 Å². The number of methoxy groups -OCH3 is 1. The number of nitrogens with two attached hydrogens (primary N) is 1. The number of aromatic nitrogens is 1. The number of carbonyl (C=O) groups excluding carboxylic acids is 2. The van der Waals surface area contributed by atoms with Crippen LogP contribution in [0.5, 0.6) is 0 Å². The number of nitrogens with one attached hydrogen (secondary N) is 1. The van der Waals surface area contributed by atoms with Crippen LogP contribution in [0.15, 0.2) is 47.4 Å². The first-order chi connectivity index (χ1) is 13.9. The molecule has 1 aromatic heterocycles. The third kappa shape index (κ3) is 4.69. The van der Waals surface area contributed by atoms with Crippen LogP contribution in [-0.4, -0.2) is 53.6 Å². The van der Waals surface area contributed by atoms with E-state index in [1.54, 1.807) is 24.1 Å². The second kappa shape index (κ2) is 8.97. The molecule has 0 radical (unpaired) electrons. The van der Waals surface area contributed by atoms with Gasteiger partial charge < -0.3 is 15.8 Å². The number of hydrogen-bond donors (Lipinski definition) is 2. The highest BCUT2D eigenvalue weighted by Crippen LogP contribution is 2.24. The molecule has 8 nitrogen and oxygen atoms in total. The minimum atomic E-state index is -0.673. The summed E-state index contributed by atoms with van der Waals surface area (Å²) in [5, 5.41) is 2.52. The Kier molecular flexibility index (Phi) is 6.40. The molecule has 29 heavy (non-hydrogen) atoms. The molecule has 2 aromatic rings. The van der Waals surface area contributed by atoms with Crippen LogP contribution in [-0.2, 0) is 14.3 Å². The summed E-state index contributed by atoms with van der Waals surface area (Å²) in [4.78, 5) is 37.7. The van der Waals surface area contributed by atoms with Crippen molar-refractivity contribution in [3.05, 3.63) is 58.8 Å². The Balaban J connectivity index is 1.72. The molecule has 0 saturated carbocycles. The largest absolute Gasteiger partial charge is 0.383 e. The molecule has 3 N–H and O–H groups in total. The number of nitrogens with zero attached hydrogens (tertiary/aromatic N) is 2. The Morgan fingerprint density at radius 1 is 1.28 bits per heavy atom. The Hall–Kier alpha value is -3.04. The van der Waals surface area contributed by atoms with E-state index in [1.807, 2.05) is 0 Å². The van der Waals surface area contributed by atoms with Gasteiger partial charge in [-0.15, -0.1) is 0 Å². The fourth-order valence-corrected chi connectivity index (χ4v) is 3.60. The molecular weight excluding hydrogens is 379 g/mol. The van der Waals surface area contributed by atoms with Gasteiger partial charge in [-0.25, -0.2) is 4.39 Å². The second-order valence-corrected chi connectivity index (χ2v) is 6.90. The molecule has 2 atom stereocenters. The van der Waals surface area contributed by atoms with E-state index in [2.05, 4.69) is 5.32 Å². The normalized spacial score (nSPS) is 19.2. The number of halogens is 1. The zero-order valence-corrected chi connectivity index (χ0v) is 16.0. The van der Waals surface area contributed by atoms with Gasteiger partial charge >= 0.3 is 0 Å². The second-order valence-electron chi connectivity index (χ2n) is 6.90. The lowest BCUT2D eigenvalue weighted by molar-refractivity contribution is -0.125. The van der Waals surface area contributed by atoms with Crippen LogP contribution in [0.2, 0.25) is 0 Å². The zero-order chi connectivity index (χ0) is 21.0. The van der Waals surface area contributed by atoms with Gasteiger partial charge in [-0.3, -0.25) is 23.9 Å². The number of hydrogen-bond acceptors (Lipinski definition) is 5. The summed E-state index contributed by atoms with van der Waals surface area (Å²) in [7, 11) is 1.55. The summed E-state index contributed by atoms with van der Waals surface area (Å²) in [5.41, 5.74) is 5.48. The number of benzene rings is 1. The highest BCUT2D eigenvalue weighted by Gasteiger charge is 2.37. The molecule has 1 saturated heterocycles. The van der Waals surface area contributed by atoms with Crippen LogP contribution in [0.25, 0.3) is 5.69 Å². The molecule has 0 aliphatic carbocycles. The molecule has 1 unspecified atom stereocenters.